The molecule has 0 bridgehead atoms. The average molecular weight is 251 g/mol. The van der Waals surface area contributed by atoms with Crippen LogP contribution in [0.5, 0.6) is 5.75 Å². The van der Waals surface area contributed by atoms with Crippen LogP contribution >= 0.6 is 0 Å². The Morgan fingerprint density at radius 3 is 2.67 bits per heavy atom. The van der Waals surface area contributed by atoms with Gasteiger partial charge in [-0.05, 0) is 38.7 Å². The van der Waals surface area contributed by atoms with E-state index in [1.54, 1.807) is 13.0 Å². The molecule has 1 aromatic rings. The van der Waals surface area contributed by atoms with Crippen molar-refractivity contribution in [3.05, 3.63) is 33.9 Å². The first-order chi connectivity index (χ1) is 8.58. The average Bonchev–Trinajstić information content (AvgIpc) is 2.81. The van der Waals surface area contributed by atoms with Crippen molar-refractivity contribution in [1.82, 2.24) is 0 Å². The highest BCUT2D eigenvalue weighted by Gasteiger charge is 2.21. The number of benzene rings is 1. The maximum atomic E-state index is 10.7. The zero-order chi connectivity index (χ0) is 13.1. The van der Waals surface area contributed by atoms with Crippen molar-refractivity contribution < 1.29 is 14.8 Å². The molecule has 0 unspecified atom stereocenters. The predicted octanol–water partition coefficient (Wildman–Crippen LogP) is 2.97. The van der Waals surface area contributed by atoms with E-state index in [4.69, 9.17) is 4.74 Å². The minimum atomic E-state index is -0.777. The number of nitro groups is 1. The molecule has 1 atom stereocenters. The van der Waals surface area contributed by atoms with Gasteiger partial charge in [-0.1, -0.05) is 0 Å². The van der Waals surface area contributed by atoms with Crippen molar-refractivity contribution in [2.24, 2.45) is 0 Å². The zero-order valence-corrected chi connectivity index (χ0v) is 10.3. The topological polar surface area (TPSA) is 72.6 Å². The molecule has 1 fully saturated rings. The summed E-state index contributed by atoms with van der Waals surface area (Å²) >= 11 is 0. The summed E-state index contributed by atoms with van der Waals surface area (Å²) in [6.45, 7) is 1.58. The molecule has 1 aliphatic carbocycles. The van der Waals surface area contributed by atoms with Crippen LogP contribution in [0.4, 0.5) is 5.69 Å². The van der Waals surface area contributed by atoms with Gasteiger partial charge in [-0.2, -0.15) is 0 Å². The summed E-state index contributed by atoms with van der Waals surface area (Å²) < 4.78 is 5.82. The maximum absolute atomic E-state index is 10.7. The van der Waals surface area contributed by atoms with Crippen molar-refractivity contribution >= 4 is 5.69 Å². The molecular formula is C13H17NO4. The number of ether oxygens (including phenoxy) is 1. The lowest BCUT2D eigenvalue weighted by Crippen LogP contribution is -2.13. The summed E-state index contributed by atoms with van der Waals surface area (Å²) in [4.78, 5) is 10.2. The normalized spacial score (nSPS) is 17.7. The molecule has 0 aromatic heterocycles. The van der Waals surface area contributed by atoms with E-state index in [1.165, 1.54) is 12.1 Å². The molecule has 1 aromatic carbocycles. The zero-order valence-electron chi connectivity index (χ0n) is 10.3. The Morgan fingerprint density at radius 2 is 2.11 bits per heavy atom. The van der Waals surface area contributed by atoms with E-state index in [0.717, 1.165) is 25.7 Å². The van der Waals surface area contributed by atoms with Gasteiger partial charge >= 0.3 is 0 Å². The van der Waals surface area contributed by atoms with Crippen molar-refractivity contribution in [1.29, 1.82) is 0 Å². The standard InChI is InChI=1S/C13H17NO4/c1-9(15)12-8-10(14(16)17)6-7-13(12)18-11-4-2-3-5-11/h6-9,11,15H,2-5H2,1H3/t9-/m1/s1. The van der Waals surface area contributed by atoms with Gasteiger partial charge in [0, 0.05) is 17.7 Å². The fourth-order valence-corrected chi connectivity index (χ4v) is 2.27. The summed E-state index contributed by atoms with van der Waals surface area (Å²) in [7, 11) is 0. The monoisotopic (exact) mass is 251 g/mol. The third-order valence-corrected chi connectivity index (χ3v) is 3.25. The Balaban J connectivity index is 2.25. The molecule has 0 amide bonds. The summed E-state index contributed by atoms with van der Waals surface area (Å²) in [5.41, 5.74) is 0.459. The van der Waals surface area contributed by atoms with E-state index in [-0.39, 0.29) is 11.8 Å². The van der Waals surface area contributed by atoms with Crippen LogP contribution in [-0.2, 0) is 0 Å². The fourth-order valence-electron chi connectivity index (χ4n) is 2.27. The molecule has 0 heterocycles. The Kier molecular flexibility index (Phi) is 3.81. The van der Waals surface area contributed by atoms with Gasteiger partial charge in [0.25, 0.3) is 5.69 Å². The SMILES string of the molecule is C[C@@H](O)c1cc([N+](=O)[O-])ccc1OC1CCCC1. The van der Waals surface area contributed by atoms with E-state index >= 15 is 0 Å². The van der Waals surface area contributed by atoms with Crippen LogP contribution in [-0.4, -0.2) is 16.1 Å². The van der Waals surface area contributed by atoms with Gasteiger partial charge in [0.05, 0.1) is 17.1 Å². The molecule has 0 radical (unpaired) electrons. The highest BCUT2D eigenvalue weighted by Crippen LogP contribution is 2.32. The molecule has 5 nitrogen and oxygen atoms in total. The molecular weight excluding hydrogens is 234 g/mol. The van der Waals surface area contributed by atoms with Gasteiger partial charge in [-0.3, -0.25) is 10.1 Å². The van der Waals surface area contributed by atoms with Crippen LogP contribution in [0, 0.1) is 10.1 Å². The maximum Gasteiger partial charge on any atom is 0.270 e. The molecule has 0 aliphatic heterocycles. The Hall–Kier alpha value is -1.62. The van der Waals surface area contributed by atoms with E-state index in [9.17, 15) is 15.2 Å². The van der Waals surface area contributed by atoms with Crippen LogP contribution in [0.25, 0.3) is 0 Å². The van der Waals surface area contributed by atoms with E-state index < -0.39 is 11.0 Å². The minimum absolute atomic E-state index is 0.0235. The second-order valence-electron chi connectivity index (χ2n) is 4.68. The third kappa shape index (κ3) is 2.79. The van der Waals surface area contributed by atoms with Crippen molar-refractivity contribution in [3.63, 3.8) is 0 Å². The lowest BCUT2D eigenvalue weighted by molar-refractivity contribution is -0.385. The van der Waals surface area contributed by atoms with Crippen LogP contribution in [0.15, 0.2) is 18.2 Å². The van der Waals surface area contributed by atoms with Gasteiger partial charge in [0.1, 0.15) is 5.75 Å². The highest BCUT2D eigenvalue weighted by atomic mass is 16.6. The second kappa shape index (κ2) is 5.35. The number of nitrogens with zero attached hydrogens (tertiary/aromatic N) is 1. The van der Waals surface area contributed by atoms with E-state index in [1.807, 2.05) is 0 Å². The Labute approximate surface area is 106 Å². The number of hydrogen-bond donors (Lipinski definition) is 1. The first-order valence-electron chi connectivity index (χ1n) is 6.21. The van der Waals surface area contributed by atoms with Crippen LogP contribution in [0.1, 0.15) is 44.3 Å². The number of non-ortho nitro benzene ring substituents is 1. The van der Waals surface area contributed by atoms with Crippen molar-refractivity contribution in [2.45, 2.75) is 44.8 Å². The van der Waals surface area contributed by atoms with Gasteiger partial charge in [0.2, 0.25) is 0 Å². The number of rotatable bonds is 4. The summed E-state index contributed by atoms with van der Waals surface area (Å²) in [5.74, 6) is 0.558. The van der Waals surface area contributed by atoms with Gasteiger partial charge < -0.3 is 9.84 Å². The number of aliphatic hydroxyl groups excluding tert-OH is 1. The molecule has 5 heteroatoms. The lowest BCUT2D eigenvalue weighted by atomic mass is 10.1. The van der Waals surface area contributed by atoms with Gasteiger partial charge in [-0.25, -0.2) is 0 Å². The fraction of sp³-hybridized carbons (Fsp3) is 0.538. The Morgan fingerprint density at radius 1 is 1.44 bits per heavy atom. The van der Waals surface area contributed by atoms with E-state index in [2.05, 4.69) is 0 Å². The molecule has 1 saturated carbocycles. The van der Waals surface area contributed by atoms with Crippen molar-refractivity contribution in [3.8, 4) is 5.75 Å². The molecule has 98 valence electrons. The van der Waals surface area contributed by atoms with Crippen LogP contribution < -0.4 is 4.74 Å². The number of hydrogen-bond acceptors (Lipinski definition) is 4. The largest absolute Gasteiger partial charge is 0.490 e. The second-order valence-corrected chi connectivity index (χ2v) is 4.68. The molecule has 1 N–H and O–H groups in total. The van der Waals surface area contributed by atoms with E-state index in [0.29, 0.717) is 11.3 Å². The summed E-state index contributed by atoms with van der Waals surface area (Å²) in [6.07, 6.45) is 3.72. The number of nitro benzene ring substituents is 1. The lowest BCUT2D eigenvalue weighted by Gasteiger charge is -2.17. The summed E-state index contributed by atoms with van der Waals surface area (Å²) in [6, 6.07) is 4.38. The molecule has 1 aliphatic rings. The quantitative estimate of drug-likeness (QED) is 0.659. The molecule has 0 saturated heterocycles. The van der Waals surface area contributed by atoms with Gasteiger partial charge in [0.15, 0.2) is 0 Å². The first kappa shape index (κ1) is 12.8. The molecule has 18 heavy (non-hydrogen) atoms. The van der Waals surface area contributed by atoms with Crippen LogP contribution in [0.3, 0.4) is 0 Å². The number of aliphatic hydroxyl groups is 1. The van der Waals surface area contributed by atoms with Crippen molar-refractivity contribution in [2.75, 3.05) is 0 Å². The van der Waals surface area contributed by atoms with Gasteiger partial charge in [-0.15, -0.1) is 0 Å². The smallest absolute Gasteiger partial charge is 0.270 e. The van der Waals surface area contributed by atoms with Crippen LogP contribution in [0.2, 0.25) is 0 Å². The Bertz CT molecular complexity index is 439. The molecule has 0 spiro atoms. The minimum Gasteiger partial charge on any atom is -0.490 e. The molecule has 2 rings (SSSR count). The summed E-state index contributed by atoms with van der Waals surface area (Å²) in [5, 5.41) is 20.4. The third-order valence-electron chi connectivity index (χ3n) is 3.25. The highest BCUT2D eigenvalue weighted by molar-refractivity contribution is 5.44. The predicted molar refractivity (Wildman–Crippen MR) is 66.6 cm³/mol. The first-order valence-corrected chi connectivity index (χ1v) is 6.21.